The largest absolute Gasteiger partial charge is 0.303 e. The second-order valence-corrected chi connectivity index (χ2v) is 8.61. The minimum absolute atomic E-state index is 0.169. The van der Waals surface area contributed by atoms with Gasteiger partial charge in [0.15, 0.2) is 0 Å². The summed E-state index contributed by atoms with van der Waals surface area (Å²) in [6.45, 7) is 8.00. The maximum atomic E-state index is 11.3. The number of likely N-dealkylation sites (tertiary alicyclic amines) is 2. The molecule has 1 atom stereocenters. The lowest BCUT2D eigenvalue weighted by molar-refractivity contribution is 0.130. The van der Waals surface area contributed by atoms with Gasteiger partial charge in [-0.05, 0) is 64.7 Å². The Morgan fingerprint density at radius 1 is 1.11 bits per heavy atom. The van der Waals surface area contributed by atoms with E-state index in [1.165, 1.54) is 51.6 Å². The number of hydrogen-bond donors (Lipinski definition) is 0. The predicted molar refractivity (Wildman–Crippen MR) is 79.1 cm³/mol. The Morgan fingerprint density at radius 3 is 2.21 bits per heavy atom. The van der Waals surface area contributed by atoms with Crippen molar-refractivity contribution in [3.8, 4) is 0 Å². The normalized spacial score (nSPS) is 25.8. The van der Waals surface area contributed by atoms with Gasteiger partial charge in [0.25, 0.3) is 0 Å². The molecule has 0 radical (unpaired) electrons. The van der Waals surface area contributed by atoms with Gasteiger partial charge in [-0.3, -0.25) is 4.90 Å². The fraction of sp³-hybridized carbons (Fsp3) is 1.00. The zero-order valence-electron chi connectivity index (χ0n) is 12.3. The molecule has 112 valence electrons. The van der Waals surface area contributed by atoms with Crippen molar-refractivity contribution < 1.29 is 8.42 Å². The second-order valence-electron chi connectivity index (χ2n) is 6.43. The average Bonchev–Trinajstić information content (AvgIpc) is 2.80. The molecule has 2 heterocycles. The zero-order valence-corrected chi connectivity index (χ0v) is 13.2. The van der Waals surface area contributed by atoms with Crippen LogP contribution in [0.3, 0.4) is 0 Å². The number of sulfone groups is 1. The van der Waals surface area contributed by atoms with Crippen LogP contribution in [0.2, 0.25) is 0 Å². The van der Waals surface area contributed by atoms with Crippen LogP contribution >= 0.6 is 0 Å². The maximum absolute atomic E-state index is 11.3. The van der Waals surface area contributed by atoms with Crippen LogP contribution in [0.1, 0.15) is 32.6 Å². The van der Waals surface area contributed by atoms with Crippen LogP contribution in [0.25, 0.3) is 0 Å². The molecule has 0 aliphatic carbocycles. The van der Waals surface area contributed by atoms with E-state index in [1.807, 2.05) is 6.92 Å². The molecule has 0 spiro atoms. The summed E-state index contributed by atoms with van der Waals surface area (Å²) >= 11 is 0. The summed E-state index contributed by atoms with van der Waals surface area (Å²) in [5.74, 6) is 1.11. The Kier molecular flexibility index (Phi) is 5.26. The molecule has 2 saturated heterocycles. The van der Waals surface area contributed by atoms with Crippen LogP contribution in [0.15, 0.2) is 0 Å². The van der Waals surface area contributed by atoms with Crippen molar-refractivity contribution in [2.75, 3.05) is 44.7 Å². The highest BCUT2D eigenvalue weighted by Gasteiger charge is 2.26. The van der Waals surface area contributed by atoms with Gasteiger partial charge in [0, 0.05) is 18.8 Å². The van der Waals surface area contributed by atoms with Gasteiger partial charge >= 0.3 is 0 Å². The van der Waals surface area contributed by atoms with Crippen molar-refractivity contribution in [3.05, 3.63) is 0 Å². The first-order valence-corrected chi connectivity index (χ1v) is 9.64. The van der Waals surface area contributed by atoms with Gasteiger partial charge in [-0.15, -0.1) is 0 Å². The van der Waals surface area contributed by atoms with Crippen molar-refractivity contribution in [2.45, 2.75) is 38.6 Å². The van der Waals surface area contributed by atoms with Gasteiger partial charge in [0.2, 0.25) is 0 Å². The van der Waals surface area contributed by atoms with Gasteiger partial charge in [-0.25, -0.2) is 8.42 Å². The van der Waals surface area contributed by atoms with Crippen LogP contribution in [0, 0.1) is 5.92 Å². The van der Waals surface area contributed by atoms with Crippen LogP contribution < -0.4 is 0 Å². The molecule has 2 aliphatic heterocycles. The van der Waals surface area contributed by atoms with E-state index in [0.29, 0.717) is 5.75 Å². The molecule has 0 bridgehead atoms. The first kappa shape index (κ1) is 15.3. The summed E-state index contributed by atoms with van der Waals surface area (Å²) in [4.78, 5) is 4.95. The van der Waals surface area contributed by atoms with Crippen molar-refractivity contribution >= 4 is 9.84 Å². The summed E-state index contributed by atoms with van der Waals surface area (Å²) in [7, 11) is -2.85. The van der Waals surface area contributed by atoms with E-state index in [4.69, 9.17) is 0 Å². The van der Waals surface area contributed by atoms with E-state index in [0.717, 1.165) is 19.0 Å². The topological polar surface area (TPSA) is 40.6 Å². The third-order valence-corrected chi connectivity index (χ3v) is 5.62. The van der Waals surface area contributed by atoms with Crippen molar-refractivity contribution in [1.82, 2.24) is 9.80 Å². The average molecular weight is 288 g/mol. The molecule has 0 N–H and O–H groups in total. The highest BCUT2D eigenvalue weighted by molar-refractivity contribution is 7.90. The molecule has 0 aromatic heterocycles. The number of piperidine rings is 1. The molecule has 5 heteroatoms. The predicted octanol–water partition coefficient (Wildman–Crippen LogP) is 1.23. The van der Waals surface area contributed by atoms with E-state index in [1.54, 1.807) is 0 Å². The molecule has 2 aliphatic rings. The number of hydrogen-bond acceptors (Lipinski definition) is 4. The first-order valence-electron chi connectivity index (χ1n) is 7.58. The Bertz CT molecular complexity index is 369. The van der Waals surface area contributed by atoms with Crippen LogP contribution in [-0.4, -0.2) is 69.0 Å². The minimum Gasteiger partial charge on any atom is -0.303 e. The maximum Gasteiger partial charge on any atom is 0.148 e. The van der Waals surface area contributed by atoms with E-state index < -0.39 is 9.84 Å². The molecule has 0 aromatic rings. The Hall–Kier alpha value is -0.130. The number of nitrogens with zero attached hydrogens (tertiary/aromatic N) is 2. The molecule has 0 aromatic carbocycles. The zero-order chi connectivity index (χ0) is 13.9. The van der Waals surface area contributed by atoms with Crippen molar-refractivity contribution in [3.63, 3.8) is 0 Å². The van der Waals surface area contributed by atoms with Crippen LogP contribution in [0.4, 0.5) is 0 Å². The summed E-state index contributed by atoms with van der Waals surface area (Å²) in [6, 6.07) is 0.169. The van der Waals surface area contributed by atoms with Crippen molar-refractivity contribution in [2.24, 2.45) is 5.92 Å². The van der Waals surface area contributed by atoms with E-state index in [-0.39, 0.29) is 6.04 Å². The summed E-state index contributed by atoms with van der Waals surface area (Å²) in [6.07, 6.45) is 6.52. The highest BCUT2D eigenvalue weighted by Crippen LogP contribution is 2.22. The van der Waals surface area contributed by atoms with Gasteiger partial charge < -0.3 is 4.90 Å². The minimum atomic E-state index is -2.85. The quantitative estimate of drug-likeness (QED) is 0.763. The highest BCUT2D eigenvalue weighted by atomic mass is 32.2. The molecule has 4 nitrogen and oxygen atoms in total. The monoisotopic (exact) mass is 288 g/mol. The Balaban J connectivity index is 1.72. The molecular weight excluding hydrogens is 260 g/mol. The smallest absolute Gasteiger partial charge is 0.148 e. The molecule has 2 rings (SSSR count). The summed E-state index contributed by atoms with van der Waals surface area (Å²) in [5.41, 5.74) is 0. The lowest BCUT2D eigenvalue weighted by atomic mass is 9.95. The summed E-state index contributed by atoms with van der Waals surface area (Å²) in [5, 5.41) is 0. The van der Waals surface area contributed by atoms with Crippen LogP contribution in [0.5, 0.6) is 0 Å². The SMILES string of the molecule is CC(CS(C)(=O)=O)N1CCC(CN2CCCC2)CC1. The fourth-order valence-corrected chi connectivity index (χ4v) is 4.54. The molecule has 0 saturated carbocycles. The molecule has 2 fully saturated rings. The molecule has 1 unspecified atom stereocenters. The van der Waals surface area contributed by atoms with Crippen molar-refractivity contribution in [1.29, 1.82) is 0 Å². The van der Waals surface area contributed by atoms with Gasteiger partial charge in [-0.1, -0.05) is 0 Å². The van der Waals surface area contributed by atoms with E-state index in [9.17, 15) is 8.42 Å². The lowest BCUT2D eigenvalue weighted by Gasteiger charge is -2.37. The molecule has 19 heavy (non-hydrogen) atoms. The lowest BCUT2D eigenvalue weighted by Crippen LogP contribution is -2.44. The third kappa shape index (κ3) is 5.04. The number of rotatable bonds is 5. The molecular formula is C14H28N2O2S. The van der Waals surface area contributed by atoms with E-state index in [2.05, 4.69) is 9.80 Å². The van der Waals surface area contributed by atoms with Gasteiger partial charge in [0.05, 0.1) is 5.75 Å². The third-order valence-electron chi connectivity index (χ3n) is 4.53. The second kappa shape index (κ2) is 6.55. The Morgan fingerprint density at radius 2 is 1.68 bits per heavy atom. The van der Waals surface area contributed by atoms with E-state index >= 15 is 0 Å². The standard InChI is InChI=1S/C14H28N2O2S/c1-13(12-19(2,17)18)16-9-5-14(6-10-16)11-15-7-3-4-8-15/h13-14H,3-12H2,1-2H3. The Labute approximate surface area is 118 Å². The van der Waals surface area contributed by atoms with Crippen LogP contribution in [-0.2, 0) is 9.84 Å². The van der Waals surface area contributed by atoms with Gasteiger partial charge in [-0.2, -0.15) is 0 Å². The first-order chi connectivity index (χ1) is 8.94. The molecule has 0 amide bonds. The fourth-order valence-electron chi connectivity index (χ4n) is 3.45. The van der Waals surface area contributed by atoms with Gasteiger partial charge in [0.1, 0.15) is 9.84 Å². The summed E-state index contributed by atoms with van der Waals surface area (Å²) < 4.78 is 22.7.